The van der Waals surface area contributed by atoms with Gasteiger partial charge in [0.1, 0.15) is 10.7 Å². The fraction of sp³-hybridized carbons (Fsp3) is 0.600. The van der Waals surface area contributed by atoms with Crippen molar-refractivity contribution >= 4 is 10.0 Å². The van der Waals surface area contributed by atoms with E-state index in [4.69, 9.17) is 0 Å². The molecule has 0 spiro atoms. The molecule has 0 bridgehead atoms. The van der Waals surface area contributed by atoms with E-state index in [-0.39, 0.29) is 4.90 Å². The zero-order chi connectivity index (χ0) is 16.1. The average Bonchev–Trinajstić information content (AvgIpc) is 2.37. The highest BCUT2D eigenvalue weighted by Gasteiger charge is 2.26. The Balaban J connectivity index is 2.93. The van der Waals surface area contributed by atoms with Gasteiger partial charge in [-0.3, -0.25) is 0 Å². The monoisotopic (exact) mass is 316 g/mol. The van der Waals surface area contributed by atoms with Crippen LogP contribution in [0, 0.1) is 5.82 Å². The van der Waals surface area contributed by atoms with Crippen LogP contribution in [-0.2, 0) is 16.6 Å². The van der Waals surface area contributed by atoms with E-state index < -0.39 is 21.4 Å². The summed E-state index contributed by atoms with van der Waals surface area (Å²) in [5.74, 6) is -0.717. The molecule has 120 valence electrons. The molecule has 0 radical (unpaired) electrons. The molecule has 21 heavy (non-hydrogen) atoms. The van der Waals surface area contributed by atoms with Crippen molar-refractivity contribution in [2.45, 2.75) is 57.5 Å². The number of rotatable bonds is 8. The maximum atomic E-state index is 14.1. The average molecular weight is 316 g/mol. The molecule has 6 heteroatoms. The Kier molecular flexibility index (Phi) is 6.31. The summed E-state index contributed by atoms with van der Waals surface area (Å²) in [6.07, 6.45) is 1.61. The van der Waals surface area contributed by atoms with Crippen molar-refractivity contribution in [1.29, 1.82) is 0 Å². The number of sulfonamides is 1. The first-order valence-corrected chi connectivity index (χ1v) is 8.73. The predicted octanol–water partition coefficient (Wildman–Crippen LogP) is 2.79. The van der Waals surface area contributed by atoms with Crippen molar-refractivity contribution in [2.75, 3.05) is 6.54 Å². The van der Waals surface area contributed by atoms with Crippen LogP contribution >= 0.6 is 0 Å². The van der Waals surface area contributed by atoms with Gasteiger partial charge < -0.3 is 5.32 Å². The number of halogens is 1. The largest absolute Gasteiger partial charge is 0.313 e. The van der Waals surface area contributed by atoms with E-state index in [1.807, 2.05) is 13.8 Å². The van der Waals surface area contributed by atoms with Crippen molar-refractivity contribution in [3.63, 3.8) is 0 Å². The smallest absolute Gasteiger partial charge is 0.243 e. The maximum Gasteiger partial charge on any atom is 0.243 e. The van der Waals surface area contributed by atoms with Crippen LogP contribution in [0.5, 0.6) is 0 Å². The molecule has 0 aliphatic rings. The van der Waals surface area contributed by atoms with Crippen molar-refractivity contribution in [2.24, 2.45) is 0 Å². The second-order valence-corrected chi connectivity index (χ2v) is 7.44. The molecule has 0 amide bonds. The molecule has 0 heterocycles. The van der Waals surface area contributed by atoms with Crippen LogP contribution in [0.1, 0.15) is 46.1 Å². The Bertz CT molecular complexity index is 571. The number of nitrogens with one attached hydrogen (secondary N) is 2. The lowest BCUT2D eigenvalue weighted by Gasteiger charge is -2.24. The van der Waals surface area contributed by atoms with Crippen LogP contribution < -0.4 is 10.0 Å². The van der Waals surface area contributed by atoms with Gasteiger partial charge in [-0.15, -0.1) is 0 Å². The Morgan fingerprint density at radius 1 is 1.24 bits per heavy atom. The first-order valence-electron chi connectivity index (χ1n) is 7.25. The molecule has 0 fully saturated rings. The highest BCUT2D eigenvalue weighted by Crippen LogP contribution is 2.19. The summed E-state index contributed by atoms with van der Waals surface area (Å²) in [5, 5.41) is 3.15. The molecule has 0 aliphatic carbocycles. The van der Waals surface area contributed by atoms with E-state index in [2.05, 4.69) is 10.0 Å². The van der Waals surface area contributed by atoms with E-state index in [0.29, 0.717) is 13.0 Å². The lowest BCUT2D eigenvalue weighted by atomic mass is 10.0. The van der Waals surface area contributed by atoms with Crippen LogP contribution in [0.3, 0.4) is 0 Å². The summed E-state index contributed by atoms with van der Waals surface area (Å²) in [6.45, 7) is 8.83. The van der Waals surface area contributed by atoms with Gasteiger partial charge in [-0.05, 0) is 50.9 Å². The van der Waals surface area contributed by atoms with Crippen LogP contribution in [0.15, 0.2) is 23.1 Å². The van der Waals surface area contributed by atoms with E-state index in [9.17, 15) is 12.8 Å². The molecule has 1 aromatic carbocycles. The topological polar surface area (TPSA) is 58.2 Å². The summed E-state index contributed by atoms with van der Waals surface area (Å²) in [5.41, 5.74) is 0.127. The summed E-state index contributed by atoms with van der Waals surface area (Å²) < 4.78 is 41.1. The van der Waals surface area contributed by atoms with Crippen LogP contribution in [-0.4, -0.2) is 20.5 Å². The molecular weight excluding hydrogens is 291 g/mol. The minimum Gasteiger partial charge on any atom is -0.313 e. The Morgan fingerprint density at radius 3 is 2.43 bits per heavy atom. The third-order valence-electron chi connectivity index (χ3n) is 3.34. The van der Waals surface area contributed by atoms with E-state index in [0.717, 1.165) is 18.5 Å². The molecule has 1 rings (SSSR count). The second kappa shape index (κ2) is 7.33. The van der Waals surface area contributed by atoms with E-state index >= 15 is 0 Å². The molecule has 0 atom stereocenters. The number of benzene rings is 1. The first kappa shape index (κ1) is 18.1. The van der Waals surface area contributed by atoms with Gasteiger partial charge in [-0.2, -0.15) is 0 Å². The highest BCUT2D eigenvalue weighted by molar-refractivity contribution is 7.89. The molecule has 0 saturated heterocycles. The fourth-order valence-corrected chi connectivity index (χ4v) is 3.32. The van der Waals surface area contributed by atoms with Gasteiger partial charge in [0.2, 0.25) is 10.0 Å². The Morgan fingerprint density at radius 2 is 1.90 bits per heavy atom. The molecule has 2 N–H and O–H groups in total. The normalized spacial score (nSPS) is 12.6. The Hall–Kier alpha value is -0.980. The van der Waals surface area contributed by atoms with E-state index in [1.54, 1.807) is 19.9 Å². The van der Waals surface area contributed by atoms with Gasteiger partial charge in [-0.25, -0.2) is 17.5 Å². The van der Waals surface area contributed by atoms with Gasteiger partial charge in [0.15, 0.2) is 0 Å². The predicted molar refractivity (Wildman–Crippen MR) is 83.1 cm³/mol. The minimum absolute atomic E-state index is 0.303. The van der Waals surface area contributed by atoms with Crippen LogP contribution in [0.4, 0.5) is 4.39 Å². The molecule has 4 nitrogen and oxygen atoms in total. The van der Waals surface area contributed by atoms with Crippen molar-refractivity contribution in [1.82, 2.24) is 10.0 Å². The molecule has 0 unspecified atom stereocenters. The van der Waals surface area contributed by atoms with Gasteiger partial charge in [-0.1, -0.05) is 19.9 Å². The van der Waals surface area contributed by atoms with Crippen LogP contribution in [0.2, 0.25) is 0 Å². The molecular formula is C15H25FN2O2S. The summed E-state index contributed by atoms with van der Waals surface area (Å²) in [7, 11) is -3.85. The number of hydrogen-bond donors (Lipinski definition) is 2. The molecule has 1 aromatic rings. The van der Waals surface area contributed by atoms with Crippen molar-refractivity contribution < 1.29 is 12.8 Å². The Labute approximate surface area is 127 Å². The third kappa shape index (κ3) is 5.37. The second-order valence-electron chi connectivity index (χ2n) is 5.78. The summed E-state index contributed by atoms with van der Waals surface area (Å²) >= 11 is 0. The van der Waals surface area contributed by atoms with Crippen molar-refractivity contribution in [3.8, 4) is 0 Å². The summed E-state index contributed by atoms with van der Waals surface area (Å²) in [4.78, 5) is -0.303. The lowest BCUT2D eigenvalue weighted by Crippen LogP contribution is -2.42. The summed E-state index contributed by atoms with van der Waals surface area (Å²) in [6, 6.07) is 4.24. The number of hydrogen-bond acceptors (Lipinski definition) is 3. The lowest BCUT2D eigenvalue weighted by molar-refractivity contribution is 0.437. The standard InChI is InChI=1S/C15H25FN2O2S/c1-5-9-17-11-12-7-8-14(13(16)10-12)21(19,20)18-15(3,4)6-2/h7-8,10,17-18H,5-6,9,11H2,1-4H3. The van der Waals surface area contributed by atoms with Gasteiger partial charge >= 0.3 is 0 Å². The minimum atomic E-state index is -3.85. The quantitative estimate of drug-likeness (QED) is 0.725. The zero-order valence-electron chi connectivity index (χ0n) is 13.2. The maximum absolute atomic E-state index is 14.1. The zero-order valence-corrected chi connectivity index (χ0v) is 14.0. The van der Waals surface area contributed by atoms with Crippen molar-refractivity contribution in [3.05, 3.63) is 29.6 Å². The molecule has 0 aliphatic heterocycles. The van der Waals surface area contributed by atoms with E-state index in [1.165, 1.54) is 12.1 Å². The first-order chi connectivity index (χ1) is 9.72. The highest BCUT2D eigenvalue weighted by atomic mass is 32.2. The van der Waals surface area contributed by atoms with Crippen LogP contribution in [0.25, 0.3) is 0 Å². The van der Waals surface area contributed by atoms with Gasteiger partial charge in [0.25, 0.3) is 0 Å². The third-order valence-corrected chi connectivity index (χ3v) is 5.07. The van der Waals surface area contributed by atoms with Gasteiger partial charge in [0, 0.05) is 12.1 Å². The molecule has 0 saturated carbocycles. The SMILES string of the molecule is CCCNCc1ccc(S(=O)(=O)NC(C)(C)CC)c(F)c1. The fourth-order valence-electron chi connectivity index (χ4n) is 1.77. The van der Waals surface area contributed by atoms with Gasteiger partial charge in [0.05, 0.1) is 0 Å². The molecule has 0 aromatic heterocycles.